The van der Waals surface area contributed by atoms with Crippen molar-refractivity contribution in [2.45, 2.75) is 58.7 Å². The van der Waals surface area contributed by atoms with E-state index in [0.717, 1.165) is 0 Å². The van der Waals surface area contributed by atoms with Crippen molar-refractivity contribution < 1.29 is 14.3 Å². The molecule has 0 unspecified atom stereocenters. The molecule has 0 aromatic carbocycles. The fourth-order valence-electron chi connectivity index (χ4n) is 1.16. The second-order valence-corrected chi connectivity index (χ2v) is 4.54. The first kappa shape index (κ1) is 14.0. The minimum absolute atomic E-state index is 0.522. The second kappa shape index (κ2) is 5.19. The van der Waals surface area contributed by atoms with E-state index in [1.54, 1.807) is 6.08 Å². The van der Waals surface area contributed by atoms with E-state index in [0.29, 0.717) is 12.8 Å². The minimum Gasteiger partial charge on any atom is -0.429 e. The molecule has 0 heterocycles. The molecular formula is C12H22O3. The van der Waals surface area contributed by atoms with Gasteiger partial charge in [0.1, 0.15) is 11.2 Å². The third kappa shape index (κ3) is 4.86. The molecule has 0 radical (unpaired) electrons. The second-order valence-electron chi connectivity index (χ2n) is 4.54. The predicted molar refractivity (Wildman–Crippen MR) is 60.8 cm³/mol. The van der Waals surface area contributed by atoms with E-state index in [2.05, 4.69) is 6.58 Å². The van der Waals surface area contributed by atoms with Crippen LogP contribution in [-0.4, -0.2) is 17.4 Å². The van der Waals surface area contributed by atoms with Crippen molar-refractivity contribution in [1.82, 2.24) is 0 Å². The van der Waals surface area contributed by atoms with E-state index in [9.17, 15) is 4.79 Å². The monoisotopic (exact) mass is 214 g/mol. The Balaban J connectivity index is 4.43. The van der Waals surface area contributed by atoms with Gasteiger partial charge in [-0.05, 0) is 39.7 Å². The molecule has 88 valence electrons. The lowest BCUT2D eigenvalue weighted by atomic mass is 9.98. The van der Waals surface area contributed by atoms with E-state index in [4.69, 9.17) is 9.47 Å². The molecule has 3 heteroatoms. The summed E-state index contributed by atoms with van der Waals surface area (Å²) in [5.74, 6) is 0. The van der Waals surface area contributed by atoms with Gasteiger partial charge in [-0.3, -0.25) is 0 Å². The lowest BCUT2D eigenvalue weighted by Gasteiger charge is -2.29. The fraction of sp³-hybridized carbons (Fsp3) is 0.750. The van der Waals surface area contributed by atoms with Gasteiger partial charge >= 0.3 is 6.16 Å². The molecule has 15 heavy (non-hydrogen) atoms. The normalized spacial score (nSPS) is 12.1. The van der Waals surface area contributed by atoms with E-state index in [-0.39, 0.29) is 0 Å². The van der Waals surface area contributed by atoms with Gasteiger partial charge in [-0.15, -0.1) is 0 Å². The van der Waals surface area contributed by atoms with Gasteiger partial charge in [0.25, 0.3) is 0 Å². The maximum absolute atomic E-state index is 11.5. The molecule has 0 saturated heterocycles. The number of hydrogen-bond donors (Lipinski definition) is 0. The summed E-state index contributed by atoms with van der Waals surface area (Å²) in [5, 5.41) is 0. The summed E-state index contributed by atoms with van der Waals surface area (Å²) in [6.07, 6.45) is 2.43. The van der Waals surface area contributed by atoms with Gasteiger partial charge in [0.15, 0.2) is 0 Å². The molecule has 0 amide bonds. The Hall–Kier alpha value is -0.990. The molecule has 0 rings (SSSR count). The smallest absolute Gasteiger partial charge is 0.429 e. The maximum Gasteiger partial charge on any atom is 0.509 e. The highest BCUT2D eigenvalue weighted by atomic mass is 16.7. The molecule has 0 atom stereocenters. The van der Waals surface area contributed by atoms with Gasteiger partial charge < -0.3 is 9.47 Å². The summed E-state index contributed by atoms with van der Waals surface area (Å²) in [6.45, 7) is 13.0. The average Bonchev–Trinajstić information content (AvgIpc) is 2.11. The van der Waals surface area contributed by atoms with Crippen molar-refractivity contribution >= 4 is 6.16 Å². The average molecular weight is 214 g/mol. The zero-order chi connectivity index (χ0) is 12.1. The molecule has 0 spiro atoms. The highest BCUT2D eigenvalue weighted by Crippen LogP contribution is 2.23. The van der Waals surface area contributed by atoms with Crippen LogP contribution in [0.2, 0.25) is 0 Å². The van der Waals surface area contributed by atoms with Gasteiger partial charge in [-0.2, -0.15) is 0 Å². The molecular weight excluding hydrogens is 192 g/mol. The van der Waals surface area contributed by atoms with Gasteiger partial charge in [-0.1, -0.05) is 20.4 Å². The molecule has 0 fully saturated rings. The van der Waals surface area contributed by atoms with Crippen molar-refractivity contribution in [1.29, 1.82) is 0 Å². The zero-order valence-corrected chi connectivity index (χ0v) is 10.4. The summed E-state index contributed by atoms with van der Waals surface area (Å²) in [6, 6.07) is 0. The van der Waals surface area contributed by atoms with Crippen molar-refractivity contribution in [2.24, 2.45) is 0 Å². The van der Waals surface area contributed by atoms with Crippen molar-refractivity contribution in [3.05, 3.63) is 12.7 Å². The first-order valence-electron chi connectivity index (χ1n) is 5.34. The zero-order valence-electron chi connectivity index (χ0n) is 10.4. The van der Waals surface area contributed by atoms with Crippen LogP contribution < -0.4 is 0 Å². The largest absolute Gasteiger partial charge is 0.509 e. The first-order chi connectivity index (χ1) is 6.78. The van der Waals surface area contributed by atoms with Gasteiger partial charge in [0, 0.05) is 0 Å². The quantitative estimate of drug-likeness (QED) is 0.529. The molecule has 0 N–H and O–H groups in total. The standard InChI is InChI=1S/C12H22O3/c1-7-12(8-2,9-3)15-10(13)14-11(4,5)6/h7H,1,8-9H2,2-6H3. The van der Waals surface area contributed by atoms with Gasteiger partial charge in [-0.25, -0.2) is 4.79 Å². The summed E-state index contributed by atoms with van der Waals surface area (Å²) < 4.78 is 10.4. The highest BCUT2D eigenvalue weighted by molar-refractivity contribution is 5.61. The van der Waals surface area contributed by atoms with Crippen LogP contribution in [0.15, 0.2) is 12.7 Å². The van der Waals surface area contributed by atoms with Crippen LogP contribution in [-0.2, 0) is 9.47 Å². The third-order valence-corrected chi connectivity index (χ3v) is 2.25. The van der Waals surface area contributed by atoms with E-state index in [1.807, 2.05) is 34.6 Å². The van der Waals surface area contributed by atoms with Crippen molar-refractivity contribution in [3.63, 3.8) is 0 Å². The Bertz CT molecular complexity index is 222. The van der Waals surface area contributed by atoms with Crippen LogP contribution in [0.1, 0.15) is 47.5 Å². The number of rotatable bonds is 4. The lowest BCUT2D eigenvalue weighted by Crippen LogP contribution is -2.34. The Morgan fingerprint density at radius 3 is 1.93 bits per heavy atom. The molecule has 0 aromatic rings. The Morgan fingerprint density at radius 2 is 1.67 bits per heavy atom. The molecule has 3 nitrogen and oxygen atoms in total. The Labute approximate surface area is 92.5 Å². The van der Waals surface area contributed by atoms with Gasteiger partial charge in [0.2, 0.25) is 0 Å². The van der Waals surface area contributed by atoms with E-state index >= 15 is 0 Å². The van der Waals surface area contributed by atoms with Crippen LogP contribution in [0.3, 0.4) is 0 Å². The molecule has 0 aliphatic rings. The predicted octanol–water partition coefficient (Wildman–Crippen LogP) is 3.68. The Morgan fingerprint density at radius 1 is 1.20 bits per heavy atom. The summed E-state index contributed by atoms with van der Waals surface area (Å²) >= 11 is 0. The van der Waals surface area contributed by atoms with Gasteiger partial charge in [0.05, 0.1) is 0 Å². The lowest BCUT2D eigenvalue weighted by molar-refractivity contribution is -0.0512. The van der Waals surface area contributed by atoms with E-state index < -0.39 is 17.4 Å². The third-order valence-electron chi connectivity index (χ3n) is 2.25. The van der Waals surface area contributed by atoms with Crippen LogP contribution in [0.25, 0.3) is 0 Å². The number of hydrogen-bond acceptors (Lipinski definition) is 3. The number of carbonyl (C=O) groups excluding carboxylic acids is 1. The molecule has 0 bridgehead atoms. The van der Waals surface area contributed by atoms with Crippen LogP contribution in [0.5, 0.6) is 0 Å². The van der Waals surface area contributed by atoms with Crippen molar-refractivity contribution in [3.8, 4) is 0 Å². The molecule has 0 aromatic heterocycles. The van der Waals surface area contributed by atoms with Crippen LogP contribution >= 0.6 is 0 Å². The fourth-order valence-corrected chi connectivity index (χ4v) is 1.16. The highest BCUT2D eigenvalue weighted by Gasteiger charge is 2.29. The Kier molecular flexibility index (Phi) is 4.85. The van der Waals surface area contributed by atoms with Crippen molar-refractivity contribution in [2.75, 3.05) is 0 Å². The number of carbonyl (C=O) groups is 1. The summed E-state index contributed by atoms with van der Waals surface area (Å²) in [7, 11) is 0. The SMILES string of the molecule is C=CC(CC)(CC)OC(=O)OC(C)(C)C. The first-order valence-corrected chi connectivity index (χ1v) is 5.34. The van der Waals surface area contributed by atoms with E-state index in [1.165, 1.54) is 0 Å². The maximum atomic E-state index is 11.5. The topological polar surface area (TPSA) is 35.5 Å². The summed E-state index contributed by atoms with van der Waals surface area (Å²) in [4.78, 5) is 11.5. The number of ether oxygens (including phenoxy) is 2. The van der Waals surface area contributed by atoms with Crippen LogP contribution in [0, 0.1) is 0 Å². The van der Waals surface area contributed by atoms with Crippen LogP contribution in [0.4, 0.5) is 4.79 Å². The summed E-state index contributed by atoms with van der Waals surface area (Å²) in [5.41, 5.74) is -1.12. The molecule has 0 aliphatic carbocycles. The molecule has 0 saturated carbocycles. The molecule has 0 aliphatic heterocycles. The minimum atomic E-state index is -0.633.